The van der Waals surface area contributed by atoms with E-state index in [4.69, 9.17) is 9.47 Å². The number of esters is 1. The Hall–Kier alpha value is -4.66. The molecule has 9 nitrogen and oxygen atoms in total. The van der Waals surface area contributed by atoms with Gasteiger partial charge in [-0.1, -0.05) is 78.9 Å². The third-order valence-electron chi connectivity index (χ3n) is 7.70. The predicted molar refractivity (Wildman–Crippen MR) is 150 cm³/mol. The van der Waals surface area contributed by atoms with E-state index < -0.39 is 35.9 Å². The van der Waals surface area contributed by atoms with Crippen molar-refractivity contribution in [1.29, 1.82) is 0 Å². The highest BCUT2D eigenvalue weighted by atomic mass is 16.5. The third kappa shape index (κ3) is 6.57. The highest BCUT2D eigenvalue weighted by Gasteiger charge is 2.34. The Morgan fingerprint density at radius 1 is 0.829 bits per heavy atom. The van der Waals surface area contributed by atoms with Crippen LogP contribution in [0.25, 0.3) is 11.1 Å². The van der Waals surface area contributed by atoms with Gasteiger partial charge in [-0.3, -0.25) is 14.4 Å². The molecule has 0 saturated carbocycles. The molecule has 3 aromatic rings. The van der Waals surface area contributed by atoms with E-state index >= 15 is 0 Å². The number of hydrogen-bond donors (Lipinski definition) is 2. The molecule has 0 radical (unpaired) electrons. The standard InChI is InChI=1S/C32H32N2O7/c35-29(40-19-21-8-2-1-3-9-21)18-28(30(36)34-16-14-22(15-17-34)31(37)38)33-32(39)41-20-27-25-12-6-4-10-23(25)24-11-5-7-13-26(24)27/h1-13,22,27-28H,14-20H2,(H,33,39)(H,37,38)/t28-/m0/s1. The lowest BCUT2D eigenvalue weighted by Crippen LogP contribution is -2.52. The highest BCUT2D eigenvalue weighted by Crippen LogP contribution is 2.44. The van der Waals surface area contributed by atoms with Gasteiger partial charge < -0.3 is 24.8 Å². The van der Waals surface area contributed by atoms with Crippen LogP contribution >= 0.6 is 0 Å². The van der Waals surface area contributed by atoms with Gasteiger partial charge in [0.05, 0.1) is 12.3 Å². The molecule has 0 bridgehead atoms. The average Bonchev–Trinajstić information content (AvgIpc) is 3.32. The van der Waals surface area contributed by atoms with Crippen LogP contribution in [0, 0.1) is 5.92 Å². The van der Waals surface area contributed by atoms with Crippen molar-refractivity contribution in [3.05, 3.63) is 95.6 Å². The van der Waals surface area contributed by atoms with Gasteiger partial charge >= 0.3 is 18.0 Å². The van der Waals surface area contributed by atoms with Gasteiger partial charge in [-0.25, -0.2) is 4.79 Å². The highest BCUT2D eigenvalue weighted by molar-refractivity contribution is 5.90. The lowest BCUT2D eigenvalue weighted by atomic mass is 9.96. The zero-order chi connectivity index (χ0) is 28.8. The molecule has 212 valence electrons. The quantitative estimate of drug-likeness (QED) is 0.376. The number of aliphatic carboxylic acids is 1. The van der Waals surface area contributed by atoms with E-state index in [1.807, 2.05) is 78.9 Å². The summed E-state index contributed by atoms with van der Waals surface area (Å²) in [4.78, 5) is 51.9. The van der Waals surface area contributed by atoms with Gasteiger partial charge in [0.1, 0.15) is 19.3 Å². The number of alkyl carbamates (subject to hydrolysis) is 1. The molecule has 0 aromatic heterocycles. The lowest BCUT2D eigenvalue weighted by Gasteiger charge is -2.32. The maximum absolute atomic E-state index is 13.4. The maximum atomic E-state index is 13.4. The van der Waals surface area contributed by atoms with Crippen molar-refractivity contribution in [2.75, 3.05) is 19.7 Å². The first kappa shape index (κ1) is 27.9. The van der Waals surface area contributed by atoms with Crippen molar-refractivity contribution < 1.29 is 33.8 Å². The third-order valence-corrected chi connectivity index (χ3v) is 7.70. The van der Waals surface area contributed by atoms with Crippen molar-refractivity contribution in [2.24, 2.45) is 5.92 Å². The molecule has 0 spiro atoms. The fourth-order valence-corrected chi connectivity index (χ4v) is 5.51. The second-order valence-corrected chi connectivity index (χ2v) is 10.3. The zero-order valence-corrected chi connectivity index (χ0v) is 22.5. The van der Waals surface area contributed by atoms with Crippen LogP contribution in [-0.4, -0.2) is 59.7 Å². The van der Waals surface area contributed by atoms with Gasteiger partial charge in [0.15, 0.2) is 0 Å². The summed E-state index contributed by atoms with van der Waals surface area (Å²) < 4.78 is 11.0. The minimum atomic E-state index is -1.21. The molecule has 0 unspecified atom stereocenters. The largest absolute Gasteiger partial charge is 0.481 e. The van der Waals surface area contributed by atoms with Crippen molar-refractivity contribution >= 4 is 23.9 Å². The molecule has 5 rings (SSSR count). The number of ether oxygens (including phenoxy) is 2. The maximum Gasteiger partial charge on any atom is 0.407 e. The Bertz CT molecular complexity index is 1370. The van der Waals surface area contributed by atoms with Crippen LogP contribution in [0.4, 0.5) is 4.79 Å². The Morgan fingerprint density at radius 3 is 2.02 bits per heavy atom. The molecular formula is C32H32N2O7. The van der Waals surface area contributed by atoms with E-state index in [9.17, 15) is 24.3 Å². The molecule has 3 aromatic carbocycles. The van der Waals surface area contributed by atoms with Gasteiger partial charge in [-0.15, -0.1) is 0 Å². The van der Waals surface area contributed by atoms with Crippen LogP contribution in [0.5, 0.6) is 0 Å². The van der Waals surface area contributed by atoms with Gasteiger partial charge in [-0.2, -0.15) is 0 Å². The second-order valence-electron chi connectivity index (χ2n) is 10.3. The molecule has 1 fully saturated rings. The summed E-state index contributed by atoms with van der Waals surface area (Å²) in [6.07, 6.45) is -0.593. The van der Waals surface area contributed by atoms with Crippen molar-refractivity contribution in [3.63, 3.8) is 0 Å². The van der Waals surface area contributed by atoms with Crippen molar-refractivity contribution in [1.82, 2.24) is 10.2 Å². The summed E-state index contributed by atoms with van der Waals surface area (Å²) in [6, 6.07) is 23.9. The topological polar surface area (TPSA) is 122 Å². The number of nitrogens with zero attached hydrogens (tertiary/aromatic N) is 1. The van der Waals surface area contributed by atoms with Crippen LogP contribution in [0.15, 0.2) is 78.9 Å². The van der Waals surface area contributed by atoms with Gasteiger partial charge in [0, 0.05) is 19.0 Å². The van der Waals surface area contributed by atoms with E-state index in [1.165, 1.54) is 4.90 Å². The predicted octanol–water partition coefficient (Wildman–Crippen LogP) is 4.35. The SMILES string of the molecule is O=C(C[C@H](NC(=O)OCC1c2ccccc2-c2ccccc21)C(=O)N1CCC(C(=O)O)CC1)OCc1ccccc1. The van der Waals surface area contributed by atoms with Gasteiger partial charge in [0.25, 0.3) is 0 Å². The Labute approximate surface area is 238 Å². The number of benzene rings is 3. The van der Waals surface area contributed by atoms with Crippen LogP contribution < -0.4 is 5.32 Å². The Kier molecular flexibility index (Phi) is 8.62. The van der Waals surface area contributed by atoms with E-state index in [2.05, 4.69) is 5.32 Å². The lowest BCUT2D eigenvalue weighted by molar-refractivity contribution is -0.149. The minimum absolute atomic E-state index is 0.0372. The number of nitrogens with one attached hydrogen (secondary N) is 1. The summed E-state index contributed by atoms with van der Waals surface area (Å²) in [5.41, 5.74) is 5.09. The monoisotopic (exact) mass is 556 g/mol. The molecule has 1 heterocycles. The number of hydrogen-bond acceptors (Lipinski definition) is 6. The Morgan fingerprint density at radius 2 is 1.41 bits per heavy atom. The first-order valence-electron chi connectivity index (χ1n) is 13.7. The first-order valence-corrected chi connectivity index (χ1v) is 13.7. The molecule has 1 aliphatic carbocycles. The molecule has 1 saturated heterocycles. The molecule has 1 aliphatic heterocycles. The van der Waals surface area contributed by atoms with Crippen LogP contribution in [-0.2, 0) is 30.5 Å². The number of carboxylic acid groups (broad SMARTS) is 1. The summed E-state index contributed by atoms with van der Waals surface area (Å²) in [5.74, 6) is -2.70. The molecule has 41 heavy (non-hydrogen) atoms. The number of fused-ring (bicyclic) bond motifs is 3. The molecule has 2 N–H and O–H groups in total. The molecule has 1 atom stereocenters. The van der Waals surface area contributed by atoms with E-state index in [0.29, 0.717) is 12.8 Å². The number of carboxylic acids is 1. The smallest absolute Gasteiger partial charge is 0.407 e. The Balaban J connectivity index is 1.24. The molecule has 2 amide bonds. The number of piperidine rings is 1. The summed E-state index contributed by atoms with van der Waals surface area (Å²) in [6.45, 7) is 0.536. The summed E-state index contributed by atoms with van der Waals surface area (Å²) in [5, 5.41) is 11.9. The molecule has 9 heteroatoms. The van der Waals surface area contributed by atoms with Gasteiger partial charge in [0.2, 0.25) is 5.91 Å². The van der Waals surface area contributed by atoms with Crippen molar-refractivity contribution in [2.45, 2.75) is 37.8 Å². The van der Waals surface area contributed by atoms with Crippen LogP contribution in [0.2, 0.25) is 0 Å². The van der Waals surface area contributed by atoms with Crippen molar-refractivity contribution in [3.8, 4) is 11.1 Å². The van der Waals surface area contributed by atoms with E-state index in [0.717, 1.165) is 27.8 Å². The zero-order valence-electron chi connectivity index (χ0n) is 22.5. The van der Waals surface area contributed by atoms with Crippen LogP contribution in [0.1, 0.15) is 41.9 Å². The van der Waals surface area contributed by atoms with Gasteiger partial charge in [-0.05, 0) is 40.7 Å². The number of carbonyl (C=O) groups excluding carboxylic acids is 3. The second kappa shape index (κ2) is 12.7. The molecule has 2 aliphatic rings. The minimum Gasteiger partial charge on any atom is -0.481 e. The number of rotatable bonds is 9. The van der Waals surface area contributed by atoms with E-state index in [-0.39, 0.29) is 38.6 Å². The number of amides is 2. The van der Waals surface area contributed by atoms with Crippen LogP contribution in [0.3, 0.4) is 0 Å². The summed E-state index contributed by atoms with van der Waals surface area (Å²) in [7, 11) is 0. The fourth-order valence-electron chi connectivity index (χ4n) is 5.51. The number of likely N-dealkylation sites (tertiary alicyclic amines) is 1. The number of carbonyl (C=O) groups is 4. The fraction of sp³-hybridized carbons (Fsp3) is 0.312. The van der Waals surface area contributed by atoms with E-state index in [1.54, 1.807) is 0 Å². The molecular weight excluding hydrogens is 524 g/mol. The average molecular weight is 557 g/mol. The first-order chi connectivity index (χ1) is 19.9. The normalized spacial score (nSPS) is 15.4. The summed E-state index contributed by atoms with van der Waals surface area (Å²) >= 11 is 0.